The van der Waals surface area contributed by atoms with E-state index in [9.17, 15) is 4.79 Å². The number of aryl methyl sites for hydroxylation is 2. The zero-order valence-corrected chi connectivity index (χ0v) is 15.6. The lowest BCUT2D eigenvalue weighted by Crippen LogP contribution is -2.20. The average Bonchev–Trinajstić information content (AvgIpc) is 2.96. The van der Waals surface area contributed by atoms with Gasteiger partial charge in [0.2, 0.25) is 0 Å². The second kappa shape index (κ2) is 6.81. The Morgan fingerprint density at radius 3 is 2.52 bits per heavy atom. The van der Waals surface area contributed by atoms with E-state index in [-0.39, 0.29) is 5.56 Å². The van der Waals surface area contributed by atoms with Gasteiger partial charge < -0.3 is 0 Å². The van der Waals surface area contributed by atoms with Gasteiger partial charge in [0.05, 0.1) is 34.1 Å². The van der Waals surface area contributed by atoms with Crippen molar-refractivity contribution >= 4 is 28.7 Å². The van der Waals surface area contributed by atoms with Crippen molar-refractivity contribution in [1.82, 2.24) is 19.4 Å². The van der Waals surface area contributed by atoms with Crippen LogP contribution in [0.25, 0.3) is 16.6 Å². The summed E-state index contributed by atoms with van der Waals surface area (Å²) in [4.78, 5) is 17.2. The first-order chi connectivity index (χ1) is 13.1. The van der Waals surface area contributed by atoms with Crippen LogP contribution in [0, 0.1) is 13.8 Å². The summed E-state index contributed by atoms with van der Waals surface area (Å²) in [7, 11) is 0. The van der Waals surface area contributed by atoms with E-state index in [0.29, 0.717) is 33.1 Å². The second-order valence-electron chi connectivity index (χ2n) is 6.07. The van der Waals surface area contributed by atoms with Crippen LogP contribution in [0.15, 0.2) is 64.5 Å². The number of hydrogen-bond donors (Lipinski definition) is 0. The number of benzene rings is 2. The first-order valence-corrected chi connectivity index (χ1v) is 8.77. The van der Waals surface area contributed by atoms with Crippen molar-refractivity contribution in [3.8, 4) is 5.69 Å². The molecule has 134 valence electrons. The van der Waals surface area contributed by atoms with Gasteiger partial charge in [-0.1, -0.05) is 41.9 Å². The molecule has 0 saturated heterocycles. The Morgan fingerprint density at radius 2 is 1.74 bits per heavy atom. The van der Waals surface area contributed by atoms with Crippen LogP contribution in [0.5, 0.6) is 0 Å². The van der Waals surface area contributed by atoms with Crippen LogP contribution < -0.4 is 5.56 Å². The van der Waals surface area contributed by atoms with Gasteiger partial charge in [-0.3, -0.25) is 4.79 Å². The maximum Gasteiger partial charge on any atom is 0.282 e. The lowest BCUT2D eigenvalue weighted by molar-refractivity contribution is 0.771. The van der Waals surface area contributed by atoms with Gasteiger partial charge in [0, 0.05) is 0 Å². The molecule has 6 nitrogen and oxygen atoms in total. The van der Waals surface area contributed by atoms with E-state index in [2.05, 4.69) is 15.2 Å². The monoisotopic (exact) mass is 377 g/mol. The smallest absolute Gasteiger partial charge is 0.267 e. The number of fused-ring (bicyclic) bond motifs is 1. The van der Waals surface area contributed by atoms with Crippen molar-refractivity contribution in [2.75, 3.05) is 0 Å². The first-order valence-electron chi connectivity index (χ1n) is 8.39. The molecule has 0 saturated carbocycles. The summed E-state index contributed by atoms with van der Waals surface area (Å²) in [5.74, 6) is 0.499. The van der Waals surface area contributed by atoms with E-state index in [1.54, 1.807) is 30.0 Å². The Bertz CT molecular complexity index is 1220. The molecule has 2 heterocycles. The van der Waals surface area contributed by atoms with Crippen LogP contribution in [0.2, 0.25) is 5.15 Å². The van der Waals surface area contributed by atoms with Crippen LogP contribution >= 0.6 is 11.6 Å². The van der Waals surface area contributed by atoms with Crippen molar-refractivity contribution in [2.45, 2.75) is 13.8 Å². The summed E-state index contributed by atoms with van der Waals surface area (Å²) in [6.45, 7) is 3.59. The molecule has 0 fully saturated rings. The number of rotatable bonds is 3. The van der Waals surface area contributed by atoms with Crippen molar-refractivity contribution in [2.24, 2.45) is 5.10 Å². The van der Waals surface area contributed by atoms with E-state index < -0.39 is 0 Å². The van der Waals surface area contributed by atoms with Gasteiger partial charge >= 0.3 is 0 Å². The van der Waals surface area contributed by atoms with Crippen LogP contribution in [0.4, 0.5) is 0 Å². The van der Waals surface area contributed by atoms with E-state index in [4.69, 9.17) is 11.6 Å². The fraction of sp³-hybridized carbons (Fsp3) is 0.100. The molecule has 0 radical (unpaired) electrons. The molecule has 0 unspecified atom stereocenters. The predicted molar refractivity (Wildman–Crippen MR) is 107 cm³/mol. The number of hydrogen-bond acceptors (Lipinski definition) is 4. The highest BCUT2D eigenvalue weighted by Gasteiger charge is 2.13. The lowest BCUT2D eigenvalue weighted by Gasteiger charge is -2.05. The molecule has 0 aliphatic heterocycles. The highest BCUT2D eigenvalue weighted by Crippen LogP contribution is 2.22. The molecule has 0 aliphatic rings. The Kier molecular flexibility index (Phi) is 4.33. The quantitative estimate of drug-likeness (QED) is 0.511. The maximum absolute atomic E-state index is 12.7. The third-order valence-electron chi connectivity index (χ3n) is 4.27. The van der Waals surface area contributed by atoms with Gasteiger partial charge in [-0.25, -0.2) is 9.67 Å². The maximum atomic E-state index is 12.7. The fourth-order valence-corrected chi connectivity index (χ4v) is 3.21. The Balaban J connectivity index is 1.80. The summed E-state index contributed by atoms with van der Waals surface area (Å²) in [5, 5.41) is 9.76. The first kappa shape index (κ1) is 17.2. The minimum atomic E-state index is -0.224. The Labute approximate surface area is 160 Å². The summed E-state index contributed by atoms with van der Waals surface area (Å²) in [6.07, 6.45) is 1.55. The van der Waals surface area contributed by atoms with Crippen molar-refractivity contribution in [3.63, 3.8) is 0 Å². The van der Waals surface area contributed by atoms with Gasteiger partial charge in [-0.2, -0.15) is 14.9 Å². The molecule has 0 atom stereocenters. The van der Waals surface area contributed by atoms with Crippen molar-refractivity contribution in [1.29, 1.82) is 0 Å². The molecule has 2 aromatic carbocycles. The third kappa shape index (κ3) is 3.04. The largest absolute Gasteiger partial charge is 0.282 e. The molecule has 0 amide bonds. The zero-order valence-electron chi connectivity index (χ0n) is 14.8. The van der Waals surface area contributed by atoms with Gasteiger partial charge in [0.1, 0.15) is 11.0 Å². The normalized spacial score (nSPS) is 11.5. The van der Waals surface area contributed by atoms with Gasteiger partial charge in [-0.05, 0) is 38.1 Å². The third-order valence-corrected chi connectivity index (χ3v) is 4.63. The lowest BCUT2D eigenvalue weighted by atomic mass is 10.2. The standard InChI is InChI=1S/C20H16ClN5O/c1-13-17(19(21)26(24-13)15-8-4-3-5-9-15)12-22-25-14(2)23-18-11-7-6-10-16(18)20(25)27/h3-12H,1-2H3/b22-12-. The zero-order chi connectivity index (χ0) is 19.0. The molecule has 27 heavy (non-hydrogen) atoms. The molecule has 0 aliphatic carbocycles. The van der Waals surface area contributed by atoms with Gasteiger partial charge in [-0.15, -0.1) is 0 Å². The summed E-state index contributed by atoms with van der Waals surface area (Å²) < 4.78 is 2.92. The summed E-state index contributed by atoms with van der Waals surface area (Å²) in [5.41, 5.74) is 2.65. The predicted octanol–water partition coefficient (Wildman–Crippen LogP) is 3.73. The summed E-state index contributed by atoms with van der Waals surface area (Å²) >= 11 is 6.51. The molecule has 0 spiro atoms. The van der Waals surface area contributed by atoms with Crippen LogP contribution in [0.3, 0.4) is 0 Å². The van der Waals surface area contributed by atoms with Crippen LogP contribution in [-0.4, -0.2) is 25.7 Å². The van der Waals surface area contributed by atoms with Crippen molar-refractivity contribution < 1.29 is 0 Å². The number of para-hydroxylation sites is 2. The van der Waals surface area contributed by atoms with Crippen molar-refractivity contribution in [3.05, 3.63) is 87.2 Å². The molecular weight excluding hydrogens is 362 g/mol. The highest BCUT2D eigenvalue weighted by molar-refractivity contribution is 6.32. The number of aromatic nitrogens is 4. The highest BCUT2D eigenvalue weighted by atomic mass is 35.5. The molecule has 4 rings (SSSR count). The van der Waals surface area contributed by atoms with Crippen LogP contribution in [-0.2, 0) is 0 Å². The summed E-state index contributed by atoms with van der Waals surface area (Å²) in [6, 6.07) is 16.8. The molecule has 2 aromatic heterocycles. The van der Waals surface area contributed by atoms with E-state index in [0.717, 1.165) is 5.69 Å². The molecule has 7 heteroatoms. The Hall–Kier alpha value is -3.25. The fourth-order valence-electron chi connectivity index (χ4n) is 2.88. The minimum absolute atomic E-state index is 0.224. The molecule has 0 N–H and O–H groups in total. The molecule has 4 aromatic rings. The second-order valence-corrected chi connectivity index (χ2v) is 6.43. The average molecular weight is 378 g/mol. The van der Waals surface area contributed by atoms with E-state index >= 15 is 0 Å². The topological polar surface area (TPSA) is 65.1 Å². The van der Waals surface area contributed by atoms with Crippen LogP contribution in [0.1, 0.15) is 17.1 Å². The van der Waals surface area contributed by atoms with Gasteiger partial charge in [0.15, 0.2) is 0 Å². The van der Waals surface area contributed by atoms with E-state index in [1.807, 2.05) is 49.4 Å². The van der Waals surface area contributed by atoms with Gasteiger partial charge in [0.25, 0.3) is 5.56 Å². The van der Waals surface area contributed by atoms with E-state index in [1.165, 1.54) is 4.68 Å². The SMILES string of the molecule is Cc1nn(-c2ccccc2)c(Cl)c1/C=N\n1c(C)nc2ccccc2c1=O. The molecule has 0 bridgehead atoms. The Morgan fingerprint density at radius 1 is 1.04 bits per heavy atom. The minimum Gasteiger partial charge on any atom is -0.267 e. The number of nitrogens with zero attached hydrogens (tertiary/aromatic N) is 5. The molecular formula is C20H16ClN5O. The number of halogens is 1.